The van der Waals surface area contributed by atoms with Crippen molar-refractivity contribution in [3.05, 3.63) is 23.5 Å². The lowest BCUT2D eigenvalue weighted by molar-refractivity contribution is 0.0488. The third-order valence-corrected chi connectivity index (χ3v) is 8.13. The molecule has 0 spiro atoms. The summed E-state index contributed by atoms with van der Waals surface area (Å²) in [6, 6.07) is 0.396. The molecule has 1 heterocycles. The van der Waals surface area contributed by atoms with Gasteiger partial charge < -0.3 is 15.2 Å². The molecule has 1 rings (SSSR count). The highest BCUT2D eigenvalue weighted by Crippen LogP contribution is 2.24. The zero-order chi connectivity index (χ0) is 35.1. The van der Waals surface area contributed by atoms with Gasteiger partial charge in [0.05, 0.1) is 18.6 Å². The maximum Gasteiger partial charge on any atom is 0.210 e. The van der Waals surface area contributed by atoms with Crippen LogP contribution in [0.4, 0.5) is 0 Å². The molecule has 3 N–H and O–H groups in total. The van der Waals surface area contributed by atoms with Gasteiger partial charge in [-0.05, 0) is 57.7 Å². The second-order valence-corrected chi connectivity index (χ2v) is 13.1. The van der Waals surface area contributed by atoms with Crippen molar-refractivity contribution in [3.8, 4) is 0 Å². The zero-order valence-corrected chi connectivity index (χ0v) is 32.7. The molecule has 0 saturated carbocycles. The Balaban J connectivity index is -0.000000634. The minimum atomic E-state index is -3.18. The lowest BCUT2D eigenvalue weighted by atomic mass is 9.93. The molecule has 1 aliphatic rings. The zero-order valence-electron chi connectivity index (χ0n) is 31.9. The summed E-state index contributed by atoms with van der Waals surface area (Å²) in [6.07, 6.45) is 10.9. The number of aliphatic hydroxyl groups excluding tert-OH is 1. The average Bonchev–Trinajstić information content (AvgIpc) is 2.97. The molecule has 8 nitrogen and oxygen atoms in total. The van der Waals surface area contributed by atoms with Crippen molar-refractivity contribution in [2.24, 2.45) is 11.8 Å². The van der Waals surface area contributed by atoms with Crippen LogP contribution in [-0.4, -0.2) is 94.7 Å². The van der Waals surface area contributed by atoms with Crippen LogP contribution in [0.25, 0.3) is 0 Å². The molecule has 1 saturated heterocycles. The van der Waals surface area contributed by atoms with Gasteiger partial charge in [-0.3, -0.25) is 10.2 Å². The first-order chi connectivity index (χ1) is 20.8. The number of hydrogen-bond donors (Lipinski definition) is 3. The van der Waals surface area contributed by atoms with Crippen molar-refractivity contribution in [2.45, 2.75) is 134 Å². The van der Waals surface area contributed by atoms with Gasteiger partial charge >= 0.3 is 0 Å². The van der Waals surface area contributed by atoms with Gasteiger partial charge in [0.25, 0.3) is 0 Å². The lowest BCUT2D eigenvalue weighted by Gasteiger charge is -2.44. The average molecular weight is 651 g/mol. The summed E-state index contributed by atoms with van der Waals surface area (Å²) in [5.74, 6) is 1.65. The molecule has 0 aromatic heterocycles. The Labute approximate surface area is 276 Å². The van der Waals surface area contributed by atoms with Crippen molar-refractivity contribution in [1.82, 2.24) is 19.8 Å². The first-order valence-corrected chi connectivity index (χ1v) is 19.4. The first-order valence-electron chi connectivity index (χ1n) is 17.6. The maximum atomic E-state index is 11.5. The van der Waals surface area contributed by atoms with E-state index in [0.717, 1.165) is 64.2 Å². The van der Waals surface area contributed by atoms with Crippen LogP contribution in [0.1, 0.15) is 122 Å². The number of unbranched alkanes of at least 4 members (excludes halogenated alkanes) is 1. The van der Waals surface area contributed by atoms with Crippen molar-refractivity contribution in [3.63, 3.8) is 0 Å². The molecule has 1 fully saturated rings. The van der Waals surface area contributed by atoms with Gasteiger partial charge in [-0.15, -0.1) is 0 Å². The lowest BCUT2D eigenvalue weighted by Crippen LogP contribution is -2.55. The molecular weight excluding hydrogens is 572 g/mol. The molecule has 3 unspecified atom stereocenters. The Morgan fingerprint density at radius 1 is 1.02 bits per heavy atom. The maximum absolute atomic E-state index is 11.5. The topological polar surface area (TPSA) is 94.1 Å². The van der Waals surface area contributed by atoms with Crippen LogP contribution >= 0.6 is 0 Å². The van der Waals surface area contributed by atoms with Crippen LogP contribution in [0.3, 0.4) is 0 Å². The van der Waals surface area contributed by atoms with Crippen LogP contribution in [0, 0.1) is 11.8 Å². The van der Waals surface area contributed by atoms with Crippen molar-refractivity contribution in [1.29, 1.82) is 0 Å². The van der Waals surface area contributed by atoms with E-state index in [1.165, 1.54) is 22.6 Å². The minimum Gasteiger partial charge on any atom is -0.498 e. The second-order valence-electron chi connectivity index (χ2n) is 11.0. The Kier molecular flexibility index (Phi) is 37.9. The van der Waals surface area contributed by atoms with Crippen molar-refractivity contribution in [2.75, 3.05) is 59.7 Å². The van der Waals surface area contributed by atoms with E-state index in [4.69, 9.17) is 4.74 Å². The Morgan fingerprint density at radius 3 is 1.95 bits per heavy atom. The van der Waals surface area contributed by atoms with Gasteiger partial charge in [-0.25, -0.2) is 12.7 Å². The monoisotopic (exact) mass is 651 g/mol. The first kappa shape index (κ1) is 49.9. The van der Waals surface area contributed by atoms with Crippen LogP contribution in [0.2, 0.25) is 0 Å². The number of hydrogen-bond acceptors (Lipinski definition) is 7. The fourth-order valence-electron chi connectivity index (χ4n) is 4.07. The van der Waals surface area contributed by atoms with E-state index in [1.54, 1.807) is 7.05 Å². The van der Waals surface area contributed by atoms with Crippen LogP contribution in [0.15, 0.2) is 23.5 Å². The molecule has 0 aliphatic carbocycles. The van der Waals surface area contributed by atoms with E-state index >= 15 is 0 Å². The number of ether oxygens (including phenoxy) is 1. The molecule has 9 heteroatoms. The molecular formula is C35H78N4O4S. The van der Waals surface area contributed by atoms with Gasteiger partial charge in [-0.2, -0.15) is 0 Å². The summed E-state index contributed by atoms with van der Waals surface area (Å²) >= 11 is 0. The predicted octanol–water partition coefficient (Wildman–Crippen LogP) is 7.27. The number of aliphatic hydroxyl groups is 1. The molecule has 0 bridgehead atoms. The molecule has 0 radical (unpaired) electrons. The molecule has 1 aliphatic heterocycles. The Bertz CT molecular complexity index is 767. The predicted molar refractivity (Wildman–Crippen MR) is 196 cm³/mol. The van der Waals surface area contributed by atoms with Crippen LogP contribution in [0.5, 0.6) is 0 Å². The van der Waals surface area contributed by atoms with Gasteiger partial charge in [0.2, 0.25) is 10.0 Å². The largest absolute Gasteiger partial charge is 0.498 e. The summed E-state index contributed by atoms with van der Waals surface area (Å²) in [5, 5.41) is 16.5. The van der Waals surface area contributed by atoms with Gasteiger partial charge in [0, 0.05) is 45.7 Å². The van der Waals surface area contributed by atoms with E-state index in [-0.39, 0.29) is 5.92 Å². The summed E-state index contributed by atoms with van der Waals surface area (Å²) in [7, 11) is 0.324. The fraction of sp³-hybridized carbons (Fsp3) is 0.886. The Hall–Kier alpha value is -0.970. The third-order valence-electron chi connectivity index (χ3n) is 6.85. The number of likely N-dealkylation sites (tertiary alicyclic amines) is 1. The summed E-state index contributed by atoms with van der Waals surface area (Å²) in [4.78, 5) is 2.48. The van der Waals surface area contributed by atoms with E-state index in [2.05, 4.69) is 76.2 Å². The van der Waals surface area contributed by atoms with Gasteiger partial charge in [0.1, 0.15) is 6.23 Å². The molecule has 268 valence electrons. The summed E-state index contributed by atoms with van der Waals surface area (Å²) < 4.78 is 30.3. The van der Waals surface area contributed by atoms with Crippen molar-refractivity contribution < 1.29 is 18.3 Å². The number of nitrogens with zero attached hydrogens (tertiary/aromatic N) is 2. The number of nitrogens with one attached hydrogen (secondary N) is 2. The minimum absolute atomic E-state index is 0.0782. The third kappa shape index (κ3) is 27.3. The normalized spacial score (nSPS) is 15.9. The SMILES string of the molecule is CC.CC.CCC.CCCCO/C(=C/C=C(\CC)C(C)N1CC(CNC(O)CC(C)CN(C)S(C)(=O)=O)C1)CC.CCNC. The van der Waals surface area contributed by atoms with E-state index in [9.17, 15) is 13.5 Å². The molecule has 0 aromatic rings. The molecule has 0 aromatic carbocycles. The number of rotatable bonds is 18. The van der Waals surface area contributed by atoms with E-state index in [0.29, 0.717) is 24.9 Å². The highest BCUT2D eigenvalue weighted by atomic mass is 32.2. The van der Waals surface area contributed by atoms with Crippen LogP contribution < -0.4 is 10.6 Å². The number of sulfonamides is 1. The fourth-order valence-corrected chi connectivity index (χ4v) is 4.60. The number of allylic oxidation sites excluding steroid dienone is 3. The molecule has 44 heavy (non-hydrogen) atoms. The highest BCUT2D eigenvalue weighted by molar-refractivity contribution is 7.88. The van der Waals surface area contributed by atoms with E-state index in [1.807, 2.05) is 41.7 Å². The molecule has 3 atom stereocenters. The standard InChI is InChI=1S/C25H49N3O4S.C3H9N.C3H8.2C2H6/c1-8-11-14-32-24(10-3)13-12-23(9-2)21(5)28-18-22(19-28)16-26-25(29)15-20(4)17-27(6)33(7,30)31;1-3-4-2;1-3-2;2*1-2/h12-13,20-22,25-26,29H,8-11,14-19H2,1-7H3;4H,3H2,1-2H3;3H2,1-2H3;2*1-2H3/b23-12+,24-13+;;;;. The quantitative estimate of drug-likeness (QED) is 0.0622. The van der Waals surface area contributed by atoms with Gasteiger partial charge in [0.15, 0.2) is 0 Å². The molecule has 0 amide bonds. The summed E-state index contributed by atoms with van der Waals surface area (Å²) in [6.45, 7) is 30.1. The Morgan fingerprint density at radius 2 is 1.55 bits per heavy atom. The highest BCUT2D eigenvalue weighted by Gasteiger charge is 2.31. The van der Waals surface area contributed by atoms with Crippen LogP contribution in [-0.2, 0) is 14.8 Å². The summed E-state index contributed by atoms with van der Waals surface area (Å²) in [5.41, 5.74) is 1.41. The van der Waals surface area contributed by atoms with Crippen molar-refractivity contribution >= 4 is 10.0 Å². The van der Waals surface area contributed by atoms with Gasteiger partial charge in [-0.1, -0.05) is 101 Å². The van der Waals surface area contributed by atoms with E-state index < -0.39 is 16.3 Å². The smallest absolute Gasteiger partial charge is 0.210 e. The second kappa shape index (κ2) is 33.4.